The van der Waals surface area contributed by atoms with E-state index in [0.29, 0.717) is 43.3 Å². The Kier molecular flexibility index (Phi) is 10.1. The second-order valence-electron chi connectivity index (χ2n) is 12.0. The van der Waals surface area contributed by atoms with E-state index in [9.17, 15) is 32.7 Å². The molecule has 1 saturated heterocycles. The number of nitrogens with zero attached hydrogens (tertiary/aromatic N) is 1. The van der Waals surface area contributed by atoms with Crippen LogP contribution in [0.5, 0.6) is 0 Å². The minimum atomic E-state index is -1.62. The number of hydrogen-bond acceptors (Lipinski definition) is 5. The summed E-state index contributed by atoms with van der Waals surface area (Å²) < 4.78 is 64.3. The Morgan fingerprint density at radius 3 is 2.43 bits per heavy atom. The molecule has 1 unspecified atom stereocenters. The normalized spacial score (nSPS) is 21.1. The molecule has 0 radical (unpaired) electrons. The molecule has 4 atom stereocenters. The van der Waals surface area contributed by atoms with Crippen LogP contribution in [-0.4, -0.2) is 65.7 Å². The maximum absolute atomic E-state index is 15.3. The predicted molar refractivity (Wildman–Crippen MR) is 161 cm³/mol. The van der Waals surface area contributed by atoms with E-state index < -0.39 is 52.8 Å². The number of ether oxygens (including phenoxy) is 1. The Bertz CT molecular complexity index is 1580. The number of carbonyl (C=O) groups is 3. The van der Waals surface area contributed by atoms with Gasteiger partial charge in [0.2, 0.25) is 5.91 Å². The highest BCUT2D eigenvalue weighted by molar-refractivity contribution is 5.98. The molecule has 1 aliphatic heterocycles. The number of nitrogens with one attached hydrogen (secondary N) is 2. The van der Waals surface area contributed by atoms with Crippen LogP contribution in [0.15, 0.2) is 60.7 Å². The van der Waals surface area contributed by atoms with Gasteiger partial charge in [-0.05, 0) is 73.2 Å². The van der Waals surface area contributed by atoms with Crippen molar-refractivity contribution in [1.82, 2.24) is 10.2 Å². The van der Waals surface area contributed by atoms with E-state index in [-0.39, 0.29) is 40.7 Å². The molecule has 3 aromatic rings. The molecule has 1 aliphatic carbocycles. The number of rotatable bonds is 9. The third-order valence-corrected chi connectivity index (χ3v) is 8.71. The topological polar surface area (TPSA) is 108 Å². The Hall–Kier alpha value is -4.29. The van der Waals surface area contributed by atoms with Crippen LogP contribution in [0.2, 0.25) is 0 Å². The quantitative estimate of drug-likeness (QED) is 0.255. The number of carboxylic acid groups (broad SMARTS) is 1. The molecular formula is C34H35F4N3O5. The van der Waals surface area contributed by atoms with Crippen molar-refractivity contribution < 1.29 is 41.8 Å². The number of amides is 2. The van der Waals surface area contributed by atoms with Gasteiger partial charge < -0.3 is 20.5 Å². The Labute approximate surface area is 263 Å². The van der Waals surface area contributed by atoms with Gasteiger partial charge in [-0.2, -0.15) is 0 Å². The summed E-state index contributed by atoms with van der Waals surface area (Å²) in [6.07, 6.45) is 1.01. The largest absolute Gasteiger partial charge is 0.465 e. The van der Waals surface area contributed by atoms with E-state index in [4.69, 9.17) is 4.74 Å². The molecule has 46 heavy (non-hydrogen) atoms. The highest BCUT2D eigenvalue weighted by Crippen LogP contribution is 2.35. The third kappa shape index (κ3) is 7.56. The molecule has 0 bridgehead atoms. The van der Waals surface area contributed by atoms with Gasteiger partial charge in [-0.15, -0.1) is 0 Å². The maximum atomic E-state index is 15.3. The monoisotopic (exact) mass is 641 g/mol. The van der Waals surface area contributed by atoms with Crippen molar-refractivity contribution in [3.63, 3.8) is 0 Å². The average Bonchev–Trinajstić information content (AvgIpc) is 2.99. The lowest BCUT2D eigenvalue weighted by atomic mass is 9.82. The Morgan fingerprint density at radius 1 is 1.04 bits per heavy atom. The van der Waals surface area contributed by atoms with Gasteiger partial charge in [-0.1, -0.05) is 18.2 Å². The van der Waals surface area contributed by atoms with Crippen molar-refractivity contribution in [2.75, 3.05) is 25.5 Å². The van der Waals surface area contributed by atoms with Gasteiger partial charge in [0.25, 0.3) is 0 Å². The molecule has 2 fully saturated rings. The van der Waals surface area contributed by atoms with Gasteiger partial charge in [0.1, 0.15) is 35.1 Å². The molecule has 1 spiro atoms. The number of Topliss-reactive ketones (excluding diaryl/α,β-unsaturated/α-hetero) is 1. The molecule has 5 rings (SSSR count). The number of morpholine rings is 1. The van der Waals surface area contributed by atoms with Crippen molar-refractivity contribution in [3.8, 4) is 0 Å². The van der Waals surface area contributed by atoms with E-state index in [0.717, 1.165) is 44.2 Å². The van der Waals surface area contributed by atoms with Crippen LogP contribution in [0, 0.1) is 23.3 Å². The SMILES string of the molecule is CN(C(=O)O)[C@H](C(=O)Nc1cccc(F)c1CC[C@@H]1CNCC2(CCCC(=O)C2)O1)[C@@H](c1ccc(F)cc1)c1cc(F)cc(F)c1. The number of halogens is 4. The molecule has 1 saturated carbocycles. The van der Waals surface area contributed by atoms with Gasteiger partial charge in [-0.3, -0.25) is 14.5 Å². The van der Waals surface area contributed by atoms with Gasteiger partial charge in [0.15, 0.2) is 0 Å². The third-order valence-electron chi connectivity index (χ3n) is 8.71. The van der Waals surface area contributed by atoms with Gasteiger partial charge in [-0.25, -0.2) is 22.4 Å². The minimum absolute atomic E-state index is 0.0612. The molecule has 0 aromatic heterocycles. The number of ketones is 1. The molecule has 12 heteroatoms. The van der Waals surface area contributed by atoms with E-state index in [1.54, 1.807) is 0 Å². The number of carbonyl (C=O) groups excluding carboxylic acids is 2. The van der Waals surface area contributed by atoms with Crippen molar-refractivity contribution >= 4 is 23.5 Å². The van der Waals surface area contributed by atoms with Crippen molar-refractivity contribution in [1.29, 1.82) is 0 Å². The fourth-order valence-electron chi connectivity index (χ4n) is 6.55. The summed E-state index contributed by atoms with van der Waals surface area (Å²) in [6.45, 7) is 1.06. The number of anilines is 1. The lowest BCUT2D eigenvalue weighted by Gasteiger charge is -2.43. The molecule has 244 valence electrons. The van der Waals surface area contributed by atoms with E-state index in [1.807, 2.05) is 0 Å². The summed E-state index contributed by atoms with van der Waals surface area (Å²) in [5, 5.41) is 15.9. The fraction of sp³-hybridized carbons (Fsp3) is 0.382. The Balaban J connectivity index is 1.44. The predicted octanol–water partition coefficient (Wildman–Crippen LogP) is 5.79. The van der Waals surface area contributed by atoms with Crippen molar-refractivity contribution in [2.45, 2.75) is 62.2 Å². The van der Waals surface area contributed by atoms with Gasteiger partial charge >= 0.3 is 6.09 Å². The zero-order chi connectivity index (χ0) is 33.0. The van der Waals surface area contributed by atoms with Crippen LogP contribution in [-0.2, 0) is 20.7 Å². The summed E-state index contributed by atoms with van der Waals surface area (Å²) in [5.41, 5.74) is -0.190. The zero-order valence-corrected chi connectivity index (χ0v) is 25.2. The van der Waals surface area contributed by atoms with Gasteiger partial charge in [0.05, 0.1) is 11.7 Å². The maximum Gasteiger partial charge on any atom is 0.407 e. The summed E-state index contributed by atoms with van der Waals surface area (Å²) in [4.78, 5) is 39.1. The van der Waals surface area contributed by atoms with Crippen LogP contribution < -0.4 is 10.6 Å². The average molecular weight is 642 g/mol. The van der Waals surface area contributed by atoms with E-state index >= 15 is 4.39 Å². The molecular weight excluding hydrogens is 606 g/mol. The molecule has 3 N–H and O–H groups in total. The summed E-state index contributed by atoms with van der Waals surface area (Å²) in [7, 11) is 1.13. The molecule has 2 aliphatic rings. The summed E-state index contributed by atoms with van der Waals surface area (Å²) in [6, 6.07) is 9.88. The smallest absolute Gasteiger partial charge is 0.407 e. The summed E-state index contributed by atoms with van der Waals surface area (Å²) >= 11 is 0. The van der Waals surface area contributed by atoms with E-state index in [1.165, 1.54) is 30.3 Å². The van der Waals surface area contributed by atoms with Crippen LogP contribution in [0.25, 0.3) is 0 Å². The van der Waals surface area contributed by atoms with Crippen molar-refractivity contribution in [3.05, 3.63) is 101 Å². The fourth-order valence-corrected chi connectivity index (χ4v) is 6.55. The lowest BCUT2D eigenvalue weighted by Crippen LogP contribution is -2.56. The zero-order valence-electron chi connectivity index (χ0n) is 25.2. The van der Waals surface area contributed by atoms with Crippen LogP contribution in [0.3, 0.4) is 0 Å². The molecule has 8 nitrogen and oxygen atoms in total. The van der Waals surface area contributed by atoms with Crippen LogP contribution in [0.4, 0.5) is 28.0 Å². The second kappa shape index (κ2) is 14.0. The first-order valence-electron chi connectivity index (χ1n) is 15.1. The first kappa shape index (κ1) is 33.1. The van der Waals surface area contributed by atoms with Crippen molar-refractivity contribution in [2.24, 2.45) is 0 Å². The summed E-state index contributed by atoms with van der Waals surface area (Å²) in [5.74, 6) is -5.15. The lowest BCUT2D eigenvalue weighted by molar-refractivity contribution is -0.151. The highest BCUT2D eigenvalue weighted by Gasteiger charge is 2.41. The van der Waals surface area contributed by atoms with E-state index in [2.05, 4.69) is 10.6 Å². The minimum Gasteiger partial charge on any atom is -0.465 e. The number of likely N-dealkylation sites (N-methyl/N-ethyl adjacent to an activating group) is 1. The molecule has 3 aromatic carbocycles. The second-order valence-corrected chi connectivity index (χ2v) is 12.0. The van der Waals surface area contributed by atoms with Crippen LogP contribution >= 0.6 is 0 Å². The Morgan fingerprint density at radius 2 is 1.76 bits per heavy atom. The number of hydrogen-bond donors (Lipinski definition) is 3. The standard InChI is InChI=1S/C34H35F4N3O5/c1-41(33(44)45)31(30(20-7-9-22(35)10-8-20)21-14-23(36)16-24(37)15-21)32(43)40-29-6-2-5-28(38)27(29)12-11-26-18-39-19-34(46-26)13-3-4-25(42)17-34/h2,5-10,14-16,26,30-31,39H,3-4,11-13,17-19H2,1H3,(H,40,43)(H,44,45)/t26-,30+,31+,34?/m1/s1. The molecule has 2 amide bonds. The highest BCUT2D eigenvalue weighted by atomic mass is 19.1. The van der Waals surface area contributed by atoms with Gasteiger partial charge in [0, 0.05) is 56.2 Å². The first-order chi connectivity index (χ1) is 21.9. The van der Waals surface area contributed by atoms with Crippen LogP contribution in [0.1, 0.15) is 54.7 Å². The first-order valence-corrected chi connectivity index (χ1v) is 15.1. The number of benzene rings is 3. The molecule has 1 heterocycles.